The third-order valence-electron chi connectivity index (χ3n) is 4.94. The van der Waals surface area contributed by atoms with E-state index in [0.29, 0.717) is 12.7 Å². The molecular formula is C18H21NO3. The van der Waals surface area contributed by atoms with Crippen molar-refractivity contribution in [2.45, 2.75) is 38.1 Å². The highest BCUT2D eigenvalue weighted by atomic mass is 16.7. The maximum Gasteiger partial charge on any atom is 0.231 e. The van der Waals surface area contributed by atoms with Crippen LogP contribution >= 0.6 is 0 Å². The first-order chi connectivity index (χ1) is 10.8. The van der Waals surface area contributed by atoms with Gasteiger partial charge in [-0.3, -0.25) is 4.79 Å². The predicted octanol–water partition coefficient (Wildman–Crippen LogP) is 3.44. The normalized spacial score (nSPS) is 26.5. The van der Waals surface area contributed by atoms with E-state index >= 15 is 0 Å². The van der Waals surface area contributed by atoms with Gasteiger partial charge in [-0.05, 0) is 49.8 Å². The van der Waals surface area contributed by atoms with E-state index in [4.69, 9.17) is 9.47 Å². The van der Waals surface area contributed by atoms with Crippen LogP contribution in [-0.2, 0) is 4.79 Å². The Labute approximate surface area is 130 Å². The van der Waals surface area contributed by atoms with E-state index in [1.54, 1.807) is 0 Å². The van der Waals surface area contributed by atoms with Crippen molar-refractivity contribution in [3.8, 4) is 11.5 Å². The Morgan fingerprint density at radius 1 is 1.14 bits per heavy atom. The fraction of sp³-hybridized carbons (Fsp3) is 0.500. The van der Waals surface area contributed by atoms with Crippen LogP contribution in [0.5, 0.6) is 11.5 Å². The summed E-state index contributed by atoms with van der Waals surface area (Å²) in [6.07, 6.45) is 9.35. The maximum absolute atomic E-state index is 12.9. The number of nitrogens with zero attached hydrogens (tertiary/aromatic N) is 1. The summed E-state index contributed by atoms with van der Waals surface area (Å²) in [6.45, 7) is 1.17. The number of amides is 1. The average molecular weight is 299 g/mol. The summed E-state index contributed by atoms with van der Waals surface area (Å²) in [5.74, 6) is 2.10. The first kappa shape index (κ1) is 13.7. The third kappa shape index (κ3) is 2.36. The van der Waals surface area contributed by atoms with Crippen LogP contribution in [0.3, 0.4) is 0 Å². The Morgan fingerprint density at radius 3 is 2.91 bits per heavy atom. The number of allylic oxidation sites excluding steroid dienone is 2. The number of hydrogen-bond donors (Lipinski definition) is 0. The van der Waals surface area contributed by atoms with Crippen LogP contribution in [0.25, 0.3) is 0 Å². The molecule has 1 amide bonds. The van der Waals surface area contributed by atoms with Crippen LogP contribution in [0, 0.1) is 5.92 Å². The quantitative estimate of drug-likeness (QED) is 0.785. The number of carbonyl (C=O) groups is 1. The highest BCUT2D eigenvalue weighted by molar-refractivity contribution is 5.80. The molecule has 1 aliphatic carbocycles. The number of hydrogen-bond acceptors (Lipinski definition) is 3. The zero-order valence-corrected chi connectivity index (χ0v) is 12.7. The second-order valence-electron chi connectivity index (χ2n) is 6.28. The molecular weight excluding hydrogens is 278 g/mol. The van der Waals surface area contributed by atoms with Crippen molar-refractivity contribution in [3.63, 3.8) is 0 Å². The molecule has 1 saturated heterocycles. The lowest BCUT2D eigenvalue weighted by Crippen LogP contribution is -2.36. The largest absolute Gasteiger partial charge is 0.454 e. The lowest BCUT2D eigenvalue weighted by molar-refractivity contribution is -0.136. The summed E-state index contributed by atoms with van der Waals surface area (Å²) in [5, 5.41) is 0. The zero-order chi connectivity index (χ0) is 14.9. The molecule has 4 nitrogen and oxygen atoms in total. The Bertz CT molecular complexity index is 610. The first-order valence-corrected chi connectivity index (χ1v) is 8.18. The highest BCUT2D eigenvalue weighted by Crippen LogP contribution is 2.40. The summed E-state index contributed by atoms with van der Waals surface area (Å²) in [5.41, 5.74) is 1.17. The summed E-state index contributed by atoms with van der Waals surface area (Å²) in [6, 6.07) is 6.26. The molecule has 1 aromatic carbocycles. The molecule has 0 saturated carbocycles. The Morgan fingerprint density at radius 2 is 2.05 bits per heavy atom. The molecule has 2 heterocycles. The van der Waals surface area contributed by atoms with Crippen molar-refractivity contribution in [1.82, 2.24) is 4.90 Å². The standard InChI is InChI=1S/C18H21NO3/c20-18(13-5-2-1-3-6-13)19-10-4-7-15(19)14-8-9-16-17(11-14)22-12-21-16/h1-2,8-9,11,13,15H,3-7,10,12H2/t13-,15+/m1/s1. The number of rotatable bonds is 2. The van der Waals surface area contributed by atoms with Crippen molar-refractivity contribution < 1.29 is 14.3 Å². The van der Waals surface area contributed by atoms with Crippen LogP contribution in [0.1, 0.15) is 43.7 Å². The number of ether oxygens (including phenoxy) is 2. The molecule has 0 bridgehead atoms. The van der Waals surface area contributed by atoms with E-state index in [9.17, 15) is 4.79 Å². The average Bonchev–Trinajstić information content (AvgIpc) is 3.23. The summed E-state index contributed by atoms with van der Waals surface area (Å²) in [4.78, 5) is 14.9. The number of benzene rings is 1. The fourth-order valence-electron chi connectivity index (χ4n) is 3.75. The van der Waals surface area contributed by atoms with E-state index in [-0.39, 0.29) is 12.0 Å². The molecule has 0 aromatic heterocycles. The van der Waals surface area contributed by atoms with E-state index < -0.39 is 0 Å². The molecule has 1 aromatic rings. The maximum atomic E-state index is 12.9. The van der Waals surface area contributed by atoms with Gasteiger partial charge in [0.1, 0.15) is 0 Å². The molecule has 4 rings (SSSR count). The molecule has 0 unspecified atom stereocenters. The number of likely N-dealkylation sites (tertiary alicyclic amines) is 1. The Balaban J connectivity index is 1.55. The topological polar surface area (TPSA) is 38.8 Å². The van der Waals surface area contributed by atoms with Crippen LogP contribution in [0.15, 0.2) is 30.4 Å². The first-order valence-electron chi connectivity index (χ1n) is 8.18. The van der Waals surface area contributed by atoms with Gasteiger partial charge in [-0.1, -0.05) is 18.2 Å². The second-order valence-corrected chi connectivity index (χ2v) is 6.28. The van der Waals surface area contributed by atoms with Gasteiger partial charge in [0, 0.05) is 12.5 Å². The van der Waals surface area contributed by atoms with Crippen LogP contribution in [0.2, 0.25) is 0 Å². The summed E-state index contributed by atoms with van der Waals surface area (Å²) < 4.78 is 10.9. The molecule has 116 valence electrons. The molecule has 4 heteroatoms. The minimum absolute atomic E-state index is 0.166. The van der Waals surface area contributed by atoms with E-state index in [1.807, 2.05) is 12.1 Å². The van der Waals surface area contributed by atoms with Crippen LogP contribution < -0.4 is 9.47 Å². The van der Waals surface area contributed by atoms with Gasteiger partial charge in [0.05, 0.1) is 6.04 Å². The predicted molar refractivity (Wildman–Crippen MR) is 82.7 cm³/mol. The van der Waals surface area contributed by atoms with Crippen LogP contribution in [-0.4, -0.2) is 24.1 Å². The number of fused-ring (bicyclic) bond motifs is 1. The fourth-order valence-corrected chi connectivity index (χ4v) is 3.75. The molecule has 22 heavy (non-hydrogen) atoms. The molecule has 0 radical (unpaired) electrons. The van der Waals surface area contributed by atoms with Gasteiger partial charge in [-0.15, -0.1) is 0 Å². The zero-order valence-electron chi connectivity index (χ0n) is 12.7. The monoisotopic (exact) mass is 299 g/mol. The molecule has 3 aliphatic rings. The van der Waals surface area contributed by atoms with E-state index in [0.717, 1.165) is 50.1 Å². The lowest BCUT2D eigenvalue weighted by atomic mass is 9.92. The van der Waals surface area contributed by atoms with E-state index in [2.05, 4.69) is 23.1 Å². The Hall–Kier alpha value is -1.97. The van der Waals surface area contributed by atoms with Crippen molar-refractivity contribution in [3.05, 3.63) is 35.9 Å². The third-order valence-corrected chi connectivity index (χ3v) is 4.94. The second kappa shape index (κ2) is 5.67. The molecule has 0 spiro atoms. The Kier molecular flexibility index (Phi) is 3.53. The van der Waals surface area contributed by atoms with Gasteiger partial charge in [0.15, 0.2) is 11.5 Å². The van der Waals surface area contributed by atoms with Gasteiger partial charge in [-0.2, -0.15) is 0 Å². The van der Waals surface area contributed by atoms with Crippen molar-refractivity contribution in [2.24, 2.45) is 5.92 Å². The van der Waals surface area contributed by atoms with Crippen molar-refractivity contribution in [1.29, 1.82) is 0 Å². The van der Waals surface area contributed by atoms with Crippen molar-refractivity contribution >= 4 is 5.91 Å². The lowest BCUT2D eigenvalue weighted by Gasteiger charge is -2.29. The molecule has 2 aliphatic heterocycles. The minimum Gasteiger partial charge on any atom is -0.454 e. The summed E-state index contributed by atoms with van der Waals surface area (Å²) in [7, 11) is 0. The number of carbonyl (C=O) groups excluding carboxylic acids is 1. The highest BCUT2D eigenvalue weighted by Gasteiger charge is 2.34. The van der Waals surface area contributed by atoms with Gasteiger partial charge in [0.25, 0.3) is 0 Å². The molecule has 0 N–H and O–H groups in total. The molecule has 1 fully saturated rings. The van der Waals surface area contributed by atoms with E-state index in [1.165, 1.54) is 5.56 Å². The smallest absolute Gasteiger partial charge is 0.231 e. The minimum atomic E-state index is 0.166. The molecule has 2 atom stereocenters. The van der Waals surface area contributed by atoms with Gasteiger partial charge >= 0.3 is 0 Å². The summed E-state index contributed by atoms with van der Waals surface area (Å²) >= 11 is 0. The van der Waals surface area contributed by atoms with Gasteiger partial charge in [0.2, 0.25) is 12.7 Å². The van der Waals surface area contributed by atoms with Crippen LogP contribution in [0.4, 0.5) is 0 Å². The van der Waals surface area contributed by atoms with Gasteiger partial charge < -0.3 is 14.4 Å². The van der Waals surface area contributed by atoms with Gasteiger partial charge in [-0.25, -0.2) is 0 Å². The SMILES string of the molecule is O=C([C@@H]1CC=CCC1)N1CCC[C@H]1c1ccc2c(c1)OCO2. The van der Waals surface area contributed by atoms with Crippen molar-refractivity contribution in [2.75, 3.05) is 13.3 Å².